The summed E-state index contributed by atoms with van der Waals surface area (Å²) in [4.78, 5) is 28.6. The number of nitrogens with zero attached hydrogens (tertiary/aromatic N) is 1. The second kappa shape index (κ2) is 14.7. The monoisotopic (exact) mass is 526 g/mol. The Morgan fingerprint density at radius 2 is 1.69 bits per heavy atom. The van der Waals surface area contributed by atoms with Crippen LogP contribution in [0.3, 0.4) is 0 Å². The van der Waals surface area contributed by atoms with Crippen LogP contribution in [0, 0.1) is 5.82 Å². The molecule has 0 spiro atoms. The first kappa shape index (κ1) is 27.8. The fourth-order valence-corrected chi connectivity index (χ4v) is 4.90. The maximum absolute atomic E-state index is 13.6. The largest absolute Gasteiger partial charge is 0.354 e. The first-order valence-electron chi connectivity index (χ1n) is 12.1. The van der Waals surface area contributed by atoms with Gasteiger partial charge >= 0.3 is 0 Å². The van der Waals surface area contributed by atoms with Crippen LogP contribution in [0.2, 0.25) is 5.02 Å². The Bertz CT molecular complexity index is 1110. The van der Waals surface area contributed by atoms with Crippen molar-refractivity contribution < 1.29 is 14.0 Å². The molecule has 3 rings (SSSR count). The van der Waals surface area contributed by atoms with E-state index in [0.717, 1.165) is 29.5 Å². The lowest BCUT2D eigenvalue weighted by Gasteiger charge is -2.31. The molecular formula is C29H32ClFN2O2S. The lowest BCUT2D eigenvalue weighted by atomic mass is 10.0. The molecule has 0 unspecified atom stereocenters. The van der Waals surface area contributed by atoms with Crippen LogP contribution in [-0.2, 0) is 28.3 Å². The molecule has 1 N–H and O–H groups in total. The maximum atomic E-state index is 13.6. The lowest BCUT2D eigenvalue weighted by Crippen LogP contribution is -2.51. The quantitative estimate of drug-likeness (QED) is 0.267. The van der Waals surface area contributed by atoms with Gasteiger partial charge in [-0.2, -0.15) is 0 Å². The number of thioether (sulfide) groups is 1. The zero-order valence-corrected chi connectivity index (χ0v) is 22.0. The van der Waals surface area contributed by atoms with Crippen molar-refractivity contribution in [3.63, 3.8) is 0 Å². The third-order valence-corrected chi connectivity index (χ3v) is 6.97. The summed E-state index contributed by atoms with van der Waals surface area (Å²) in [5.41, 5.74) is 2.78. The number of rotatable bonds is 13. The van der Waals surface area contributed by atoms with Gasteiger partial charge in [0.05, 0.1) is 5.75 Å². The topological polar surface area (TPSA) is 49.4 Å². The molecule has 7 heteroatoms. The molecule has 0 radical (unpaired) electrons. The van der Waals surface area contributed by atoms with Crippen molar-refractivity contribution in [1.82, 2.24) is 10.2 Å². The van der Waals surface area contributed by atoms with Gasteiger partial charge in [-0.15, -0.1) is 11.8 Å². The van der Waals surface area contributed by atoms with E-state index in [1.807, 2.05) is 48.5 Å². The molecular weight excluding hydrogens is 495 g/mol. The molecule has 0 saturated heterocycles. The number of carbonyl (C=O) groups is 2. The zero-order valence-electron chi connectivity index (χ0n) is 20.5. The third-order valence-electron chi connectivity index (χ3n) is 5.75. The predicted octanol–water partition coefficient (Wildman–Crippen LogP) is 6.27. The summed E-state index contributed by atoms with van der Waals surface area (Å²) in [7, 11) is 0. The van der Waals surface area contributed by atoms with E-state index < -0.39 is 6.04 Å². The molecule has 0 bridgehead atoms. The van der Waals surface area contributed by atoms with Crippen molar-refractivity contribution in [1.29, 1.82) is 0 Å². The van der Waals surface area contributed by atoms with Crippen LogP contribution in [0.4, 0.5) is 4.39 Å². The van der Waals surface area contributed by atoms with Crippen molar-refractivity contribution in [3.8, 4) is 0 Å². The van der Waals surface area contributed by atoms with E-state index in [-0.39, 0.29) is 29.9 Å². The summed E-state index contributed by atoms with van der Waals surface area (Å²) < 4.78 is 13.2. The highest BCUT2D eigenvalue weighted by molar-refractivity contribution is 7.99. The summed E-state index contributed by atoms with van der Waals surface area (Å²) in [6.07, 6.45) is 2.25. The number of carbonyl (C=O) groups excluding carboxylic acids is 2. The fourth-order valence-electron chi connectivity index (χ4n) is 3.81. The molecule has 3 aromatic rings. The Hall–Kier alpha value is -2.83. The number of halogens is 2. The molecule has 0 aliphatic rings. The number of benzene rings is 3. The highest BCUT2D eigenvalue weighted by atomic mass is 35.5. The van der Waals surface area contributed by atoms with Gasteiger partial charge in [-0.25, -0.2) is 4.39 Å². The van der Waals surface area contributed by atoms with Crippen LogP contribution >= 0.6 is 23.4 Å². The summed E-state index contributed by atoms with van der Waals surface area (Å²) in [6.45, 7) is 2.91. The van der Waals surface area contributed by atoms with Crippen molar-refractivity contribution in [2.24, 2.45) is 0 Å². The van der Waals surface area contributed by atoms with E-state index in [9.17, 15) is 14.0 Å². The molecule has 36 heavy (non-hydrogen) atoms. The average molecular weight is 527 g/mol. The zero-order chi connectivity index (χ0) is 25.8. The van der Waals surface area contributed by atoms with Crippen LogP contribution in [0.5, 0.6) is 0 Å². The highest BCUT2D eigenvalue weighted by Crippen LogP contribution is 2.20. The first-order valence-corrected chi connectivity index (χ1v) is 13.7. The van der Waals surface area contributed by atoms with E-state index in [0.29, 0.717) is 23.7 Å². The van der Waals surface area contributed by atoms with Gasteiger partial charge in [-0.1, -0.05) is 79.5 Å². The van der Waals surface area contributed by atoms with Crippen molar-refractivity contribution in [2.75, 3.05) is 12.3 Å². The molecule has 0 saturated carbocycles. The minimum atomic E-state index is -0.665. The number of hydrogen-bond acceptors (Lipinski definition) is 3. The number of hydrogen-bond donors (Lipinski definition) is 1. The Kier molecular flexibility index (Phi) is 11.3. The van der Waals surface area contributed by atoms with E-state index >= 15 is 0 Å². The van der Waals surface area contributed by atoms with Crippen molar-refractivity contribution in [3.05, 3.63) is 106 Å². The molecule has 0 heterocycles. The van der Waals surface area contributed by atoms with Crippen LogP contribution in [0.15, 0.2) is 78.9 Å². The van der Waals surface area contributed by atoms with Crippen LogP contribution in [-0.4, -0.2) is 35.1 Å². The van der Waals surface area contributed by atoms with Gasteiger partial charge in [0.2, 0.25) is 11.8 Å². The highest BCUT2D eigenvalue weighted by Gasteiger charge is 2.30. The van der Waals surface area contributed by atoms with Gasteiger partial charge in [-0.3, -0.25) is 9.59 Å². The second-order valence-electron chi connectivity index (χ2n) is 8.62. The normalized spacial score (nSPS) is 11.6. The third kappa shape index (κ3) is 8.99. The fraction of sp³-hybridized carbons (Fsp3) is 0.310. The summed E-state index contributed by atoms with van der Waals surface area (Å²) >= 11 is 7.66. The van der Waals surface area contributed by atoms with E-state index in [1.54, 1.807) is 23.1 Å². The van der Waals surface area contributed by atoms with Gasteiger partial charge in [0, 0.05) is 30.3 Å². The smallest absolute Gasteiger partial charge is 0.243 e. The molecule has 4 nitrogen and oxygen atoms in total. The molecule has 0 fully saturated rings. The number of amides is 2. The van der Waals surface area contributed by atoms with E-state index in [4.69, 9.17) is 11.6 Å². The predicted molar refractivity (Wildman–Crippen MR) is 146 cm³/mol. The number of unbranched alkanes of at least 4 members (excludes halogenated alkanes) is 1. The minimum Gasteiger partial charge on any atom is -0.354 e. The Morgan fingerprint density at radius 3 is 2.39 bits per heavy atom. The van der Waals surface area contributed by atoms with E-state index in [2.05, 4.69) is 12.2 Å². The van der Waals surface area contributed by atoms with Gasteiger partial charge < -0.3 is 10.2 Å². The SMILES string of the molecule is CCCCNC(=O)[C@H](Cc1ccccc1)N(Cc1cccc(Cl)c1)C(=O)CSCc1ccc(F)cc1. The van der Waals surface area contributed by atoms with Gasteiger partial charge in [0.1, 0.15) is 11.9 Å². The molecule has 0 aromatic heterocycles. The minimum absolute atomic E-state index is 0.131. The Balaban J connectivity index is 1.82. The summed E-state index contributed by atoms with van der Waals surface area (Å²) in [6, 6.07) is 22.7. The van der Waals surface area contributed by atoms with E-state index in [1.165, 1.54) is 23.9 Å². The molecule has 0 aliphatic heterocycles. The molecule has 3 aromatic carbocycles. The molecule has 0 aliphatic carbocycles. The van der Waals surface area contributed by atoms with Crippen molar-refractivity contribution >= 4 is 35.2 Å². The van der Waals surface area contributed by atoms with Crippen LogP contribution in [0.25, 0.3) is 0 Å². The summed E-state index contributed by atoms with van der Waals surface area (Å²) in [5, 5.41) is 3.60. The van der Waals surface area contributed by atoms with Gasteiger partial charge in [0.15, 0.2) is 0 Å². The van der Waals surface area contributed by atoms with Gasteiger partial charge in [-0.05, 0) is 47.4 Å². The van der Waals surface area contributed by atoms with Crippen LogP contribution < -0.4 is 5.32 Å². The summed E-state index contributed by atoms with van der Waals surface area (Å²) in [5.74, 6) is 0.194. The van der Waals surface area contributed by atoms with Gasteiger partial charge in [0.25, 0.3) is 0 Å². The lowest BCUT2D eigenvalue weighted by molar-refractivity contribution is -0.139. The van der Waals surface area contributed by atoms with Crippen molar-refractivity contribution in [2.45, 2.75) is 44.5 Å². The van der Waals surface area contributed by atoms with Crippen LogP contribution in [0.1, 0.15) is 36.5 Å². The average Bonchev–Trinajstić information content (AvgIpc) is 2.88. The Labute approximate surface area is 222 Å². The number of nitrogens with one attached hydrogen (secondary N) is 1. The molecule has 2 amide bonds. The Morgan fingerprint density at radius 1 is 0.972 bits per heavy atom. The molecule has 190 valence electrons. The molecule has 1 atom stereocenters. The second-order valence-corrected chi connectivity index (χ2v) is 10.0. The first-order chi connectivity index (χ1) is 17.5. The maximum Gasteiger partial charge on any atom is 0.243 e. The standard InChI is InChI=1S/C29H32ClFN2O2S/c1-2-3-16-32-29(35)27(18-22-8-5-4-6-9-22)33(19-24-10-7-11-25(30)17-24)28(34)21-36-20-23-12-14-26(31)15-13-23/h4-15,17,27H,2-3,16,18-21H2,1H3,(H,32,35)/t27-/m0/s1.